The quantitative estimate of drug-likeness (QED) is 0.313. The number of fused-ring (bicyclic) bond motifs is 1. The average molecular weight is 525 g/mol. The molecule has 198 valence electrons. The highest BCUT2D eigenvalue weighted by molar-refractivity contribution is 5.92. The van der Waals surface area contributed by atoms with Crippen molar-refractivity contribution in [1.29, 1.82) is 0 Å². The number of carboxylic acids is 1. The zero-order chi connectivity index (χ0) is 27.2. The summed E-state index contributed by atoms with van der Waals surface area (Å²) in [6.45, 7) is 2.20. The number of nitrogens with zero attached hydrogens (tertiary/aromatic N) is 5. The van der Waals surface area contributed by atoms with Crippen LogP contribution in [0.1, 0.15) is 41.5 Å². The van der Waals surface area contributed by atoms with E-state index in [0.717, 1.165) is 36.2 Å². The van der Waals surface area contributed by atoms with E-state index in [9.17, 15) is 23.1 Å². The Kier molecular flexibility index (Phi) is 6.46. The summed E-state index contributed by atoms with van der Waals surface area (Å²) in [4.78, 5) is 27.0. The Bertz CT molecular complexity index is 1490. The fourth-order valence-electron chi connectivity index (χ4n) is 4.44. The normalized spacial score (nSPS) is 14.5. The van der Waals surface area contributed by atoms with Crippen molar-refractivity contribution >= 4 is 28.6 Å². The second kappa shape index (κ2) is 9.62. The molecule has 1 aliphatic rings. The Balaban J connectivity index is 1.70. The van der Waals surface area contributed by atoms with E-state index < -0.39 is 17.7 Å². The molecule has 0 spiro atoms. The average Bonchev–Trinajstić information content (AvgIpc) is 3.66. The van der Waals surface area contributed by atoms with E-state index in [-0.39, 0.29) is 24.1 Å². The van der Waals surface area contributed by atoms with E-state index in [2.05, 4.69) is 15.3 Å². The Morgan fingerprint density at radius 3 is 2.45 bits per heavy atom. The molecular formula is C27H27F3N6O2. The van der Waals surface area contributed by atoms with Crippen molar-refractivity contribution in [2.75, 3.05) is 24.3 Å². The van der Waals surface area contributed by atoms with Crippen LogP contribution in [0, 0.1) is 5.92 Å². The van der Waals surface area contributed by atoms with Crippen molar-refractivity contribution in [2.45, 2.75) is 38.5 Å². The number of halogens is 3. The van der Waals surface area contributed by atoms with Gasteiger partial charge < -0.3 is 19.9 Å². The van der Waals surface area contributed by atoms with Crippen molar-refractivity contribution in [3.63, 3.8) is 0 Å². The lowest BCUT2D eigenvalue weighted by atomic mass is 10.1. The van der Waals surface area contributed by atoms with Crippen molar-refractivity contribution < 1.29 is 23.1 Å². The highest BCUT2D eigenvalue weighted by Crippen LogP contribution is 2.36. The number of anilines is 2. The zero-order valence-electron chi connectivity index (χ0n) is 21.1. The number of aromatic nitrogens is 4. The summed E-state index contributed by atoms with van der Waals surface area (Å²) in [6.07, 6.45) is -2.29. The Morgan fingerprint density at radius 1 is 1.13 bits per heavy atom. The molecule has 2 aromatic heterocycles. The predicted octanol–water partition coefficient (Wildman–Crippen LogP) is 5.54. The second-order valence-electron chi connectivity index (χ2n) is 9.80. The Hall–Kier alpha value is -4.15. The summed E-state index contributed by atoms with van der Waals surface area (Å²) in [7, 11) is 3.83. The monoisotopic (exact) mass is 524 g/mol. The van der Waals surface area contributed by atoms with Crippen LogP contribution in [0.4, 0.5) is 24.7 Å². The van der Waals surface area contributed by atoms with Crippen LogP contribution in [0.3, 0.4) is 0 Å². The van der Waals surface area contributed by atoms with Crippen LogP contribution in [0.5, 0.6) is 0 Å². The number of nitrogens with one attached hydrogen (secondary N) is 1. The summed E-state index contributed by atoms with van der Waals surface area (Å²) >= 11 is 0. The van der Waals surface area contributed by atoms with Crippen molar-refractivity contribution in [3.05, 3.63) is 65.5 Å². The number of benzene rings is 2. The molecular weight excluding hydrogens is 497 g/mol. The van der Waals surface area contributed by atoms with Crippen molar-refractivity contribution in [1.82, 2.24) is 19.5 Å². The van der Waals surface area contributed by atoms with Gasteiger partial charge in [0.1, 0.15) is 11.3 Å². The topological polar surface area (TPSA) is 96.2 Å². The number of carboxylic acid groups (broad SMARTS) is 1. The van der Waals surface area contributed by atoms with Gasteiger partial charge in [-0.25, -0.2) is 19.7 Å². The largest absolute Gasteiger partial charge is 0.475 e. The summed E-state index contributed by atoms with van der Waals surface area (Å²) < 4.78 is 41.3. The van der Waals surface area contributed by atoms with Gasteiger partial charge in [-0.15, -0.1) is 0 Å². The third kappa shape index (κ3) is 5.13. The highest BCUT2D eigenvalue weighted by Gasteiger charge is 2.31. The number of carbonyl (C=O) groups is 1. The van der Waals surface area contributed by atoms with Crippen LogP contribution < -0.4 is 10.2 Å². The van der Waals surface area contributed by atoms with Crippen molar-refractivity contribution in [2.24, 2.45) is 5.92 Å². The Morgan fingerprint density at radius 2 is 1.84 bits per heavy atom. The van der Waals surface area contributed by atoms with Gasteiger partial charge in [0.05, 0.1) is 5.56 Å². The van der Waals surface area contributed by atoms with Gasteiger partial charge in [0, 0.05) is 37.9 Å². The molecule has 1 atom stereocenters. The third-order valence-electron chi connectivity index (χ3n) is 6.73. The number of aromatic carboxylic acids is 1. The van der Waals surface area contributed by atoms with E-state index in [4.69, 9.17) is 4.98 Å². The fourth-order valence-corrected chi connectivity index (χ4v) is 4.44. The molecule has 2 aromatic carbocycles. The third-order valence-corrected chi connectivity index (χ3v) is 6.73. The number of hydrogen-bond acceptors (Lipinski definition) is 6. The molecule has 2 N–H and O–H groups in total. The van der Waals surface area contributed by atoms with Gasteiger partial charge in [0.2, 0.25) is 5.82 Å². The molecule has 38 heavy (non-hydrogen) atoms. The smallest absolute Gasteiger partial charge is 0.416 e. The molecule has 1 unspecified atom stereocenters. The molecule has 0 aliphatic heterocycles. The lowest BCUT2D eigenvalue weighted by molar-refractivity contribution is -0.137. The first-order valence-electron chi connectivity index (χ1n) is 12.2. The van der Waals surface area contributed by atoms with Gasteiger partial charge in [0.15, 0.2) is 11.5 Å². The maximum atomic E-state index is 13.1. The first-order chi connectivity index (χ1) is 18.0. The minimum atomic E-state index is -4.44. The minimum Gasteiger partial charge on any atom is -0.475 e. The number of hydrogen-bond donors (Lipinski definition) is 2. The second-order valence-corrected chi connectivity index (χ2v) is 9.80. The molecule has 1 saturated carbocycles. The van der Waals surface area contributed by atoms with Crippen LogP contribution in [0.25, 0.3) is 22.6 Å². The van der Waals surface area contributed by atoms with Crippen LogP contribution >= 0.6 is 0 Å². The summed E-state index contributed by atoms with van der Waals surface area (Å²) in [6, 6.07) is 12.7. The van der Waals surface area contributed by atoms with E-state index >= 15 is 0 Å². The predicted molar refractivity (Wildman–Crippen MR) is 138 cm³/mol. The molecule has 0 bridgehead atoms. The molecule has 1 fully saturated rings. The number of rotatable bonds is 8. The van der Waals surface area contributed by atoms with Crippen LogP contribution in [-0.2, 0) is 12.7 Å². The van der Waals surface area contributed by atoms with Gasteiger partial charge >= 0.3 is 12.1 Å². The van der Waals surface area contributed by atoms with Crippen LogP contribution in [-0.4, -0.2) is 50.7 Å². The molecule has 2 heterocycles. The maximum absolute atomic E-state index is 13.1. The number of imidazole rings is 1. The van der Waals surface area contributed by atoms with Crippen LogP contribution in [0.15, 0.2) is 48.5 Å². The zero-order valence-corrected chi connectivity index (χ0v) is 21.1. The van der Waals surface area contributed by atoms with Gasteiger partial charge in [-0.3, -0.25) is 0 Å². The fraction of sp³-hybridized carbons (Fsp3) is 0.333. The number of alkyl halides is 3. The maximum Gasteiger partial charge on any atom is 0.416 e. The Labute approximate surface area is 217 Å². The van der Waals surface area contributed by atoms with Gasteiger partial charge in [-0.2, -0.15) is 13.2 Å². The van der Waals surface area contributed by atoms with Gasteiger partial charge in [0.25, 0.3) is 0 Å². The highest BCUT2D eigenvalue weighted by atomic mass is 19.4. The lowest BCUT2D eigenvalue weighted by Crippen LogP contribution is -2.20. The molecule has 0 amide bonds. The minimum absolute atomic E-state index is 0.0460. The van der Waals surface area contributed by atoms with E-state index in [1.807, 2.05) is 54.8 Å². The van der Waals surface area contributed by atoms with Gasteiger partial charge in [-0.1, -0.05) is 24.3 Å². The molecule has 11 heteroatoms. The van der Waals surface area contributed by atoms with Gasteiger partial charge in [-0.05, 0) is 55.5 Å². The van der Waals surface area contributed by atoms with Crippen molar-refractivity contribution in [3.8, 4) is 11.4 Å². The molecule has 4 aromatic rings. The molecule has 5 rings (SSSR count). The van der Waals surface area contributed by atoms with E-state index in [0.29, 0.717) is 28.6 Å². The standard InChI is InChI=1S/C27H27F3N6O2/c1-15(17-9-10-17)31-22-21-23(33-24(32-22)26(37)38)34-25(18-5-4-6-20(13-18)35(2)3)36(21)14-16-7-11-19(12-8-16)27(28,29)30/h4-8,11-13,15,17H,9-10,14H2,1-3H3,(H,37,38)(H,31,32,33). The SMILES string of the molecule is CC(Nc1nc(C(=O)O)nc2nc(-c3cccc(N(C)C)c3)n(Cc3ccc(C(F)(F)F)cc3)c12)C1CC1. The van der Waals surface area contributed by atoms with E-state index in [1.165, 1.54) is 12.1 Å². The first-order valence-corrected chi connectivity index (χ1v) is 12.2. The molecule has 0 saturated heterocycles. The van der Waals surface area contributed by atoms with E-state index in [1.54, 1.807) is 0 Å². The lowest BCUT2D eigenvalue weighted by Gasteiger charge is -2.17. The first kappa shape index (κ1) is 25.5. The molecule has 1 aliphatic carbocycles. The molecule has 8 nitrogen and oxygen atoms in total. The van der Waals surface area contributed by atoms with Crippen LogP contribution in [0.2, 0.25) is 0 Å². The molecule has 0 radical (unpaired) electrons. The summed E-state index contributed by atoms with van der Waals surface area (Å²) in [5.74, 6) is -0.363. The summed E-state index contributed by atoms with van der Waals surface area (Å²) in [5.41, 5.74) is 2.25. The summed E-state index contributed by atoms with van der Waals surface area (Å²) in [5, 5.41) is 13.0.